The van der Waals surface area contributed by atoms with Gasteiger partial charge in [0.05, 0.1) is 0 Å². The van der Waals surface area contributed by atoms with Gasteiger partial charge < -0.3 is 21.1 Å². The lowest BCUT2D eigenvalue weighted by Crippen LogP contribution is -2.19. The molecule has 1 heterocycles. The van der Waals surface area contributed by atoms with Crippen molar-refractivity contribution in [1.82, 2.24) is 4.98 Å². The van der Waals surface area contributed by atoms with E-state index in [0.717, 1.165) is 11.1 Å². The molecule has 0 atom stereocenters. The van der Waals surface area contributed by atoms with Crippen LogP contribution < -0.4 is 21.1 Å². The predicted molar refractivity (Wildman–Crippen MR) is 108 cm³/mol. The van der Waals surface area contributed by atoms with Gasteiger partial charge in [0.1, 0.15) is 11.4 Å². The second-order valence-electron chi connectivity index (χ2n) is 6.18. The zero-order valence-corrected chi connectivity index (χ0v) is 15.5. The normalized spacial score (nSPS) is 10.2. The molecule has 2 aromatic carbocycles. The highest BCUT2D eigenvalue weighted by Gasteiger charge is 2.13. The summed E-state index contributed by atoms with van der Waals surface area (Å²) in [5, 5.41) is 5.25. The number of nitrogens with one attached hydrogen (secondary N) is 2. The van der Waals surface area contributed by atoms with E-state index < -0.39 is 6.03 Å². The van der Waals surface area contributed by atoms with Gasteiger partial charge in [-0.1, -0.05) is 12.1 Å². The molecule has 3 rings (SSSR count). The lowest BCUT2D eigenvalue weighted by molar-refractivity contribution is 0.102. The van der Waals surface area contributed by atoms with E-state index in [1.54, 1.807) is 42.6 Å². The Morgan fingerprint density at radius 3 is 2.43 bits per heavy atom. The molecule has 7 nitrogen and oxygen atoms in total. The number of aryl methyl sites for hydroxylation is 1. The number of aromatic nitrogens is 1. The standard InChI is InChI=1S/C21H20N4O3/c1-13-5-3-7-18(14(13)2)28-20-17(6-4-12-23-20)25-19(26)15-8-10-16(11-9-15)24-21(22)27/h3-12H,1-2H3,(H,25,26)(H3,22,24,27). The first-order valence-electron chi connectivity index (χ1n) is 8.61. The third kappa shape index (κ3) is 4.45. The Morgan fingerprint density at radius 1 is 0.964 bits per heavy atom. The van der Waals surface area contributed by atoms with E-state index >= 15 is 0 Å². The van der Waals surface area contributed by atoms with Gasteiger partial charge in [0.2, 0.25) is 5.88 Å². The van der Waals surface area contributed by atoms with Crippen LogP contribution in [0.25, 0.3) is 0 Å². The molecule has 0 spiro atoms. The average Bonchev–Trinajstić information content (AvgIpc) is 2.67. The smallest absolute Gasteiger partial charge is 0.316 e. The maximum absolute atomic E-state index is 12.6. The second-order valence-corrected chi connectivity index (χ2v) is 6.18. The molecule has 142 valence electrons. The molecule has 0 bridgehead atoms. The quantitative estimate of drug-likeness (QED) is 0.619. The Morgan fingerprint density at radius 2 is 1.71 bits per heavy atom. The van der Waals surface area contributed by atoms with Gasteiger partial charge in [0, 0.05) is 17.4 Å². The summed E-state index contributed by atoms with van der Waals surface area (Å²) in [7, 11) is 0. The molecule has 3 amide bonds. The van der Waals surface area contributed by atoms with Crippen LogP contribution in [0.5, 0.6) is 11.6 Å². The zero-order valence-electron chi connectivity index (χ0n) is 15.5. The van der Waals surface area contributed by atoms with E-state index in [1.165, 1.54) is 0 Å². The highest BCUT2D eigenvalue weighted by atomic mass is 16.5. The van der Waals surface area contributed by atoms with E-state index in [1.807, 2.05) is 32.0 Å². The number of amides is 3. The van der Waals surface area contributed by atoms with Crippen LogP contribution in [-0.4, -0.2) is 16.9 Å². The predicted octanol–water partition coefficient (Wildman–Crippen LogP) is 4.23. The summed E-state index contributed by atoms with van der Waals surface area (Å²) < 4.78 is 5.93. The minimum Gasteiger partial charge on any atom is -0.437 e. The SMILES string of the molecule is Cc1cccc(Oc2ncccc2NC(=O)c2ccc(NC(N)=O)cc2)c1C. The fraction of sp³-hybridized carbons (Fsp3) is 0.0952. The van der Waals surface area contributed by atoms with Crippen LogP contribution >= 0.6 is 0 Å². The maximum Gasteiger partial charge on any atom is 0.316 e. The monoisotopic (exact) mass is 376 g/mol. The highest BCUT2D eigenvalue weighted by molar-refractivity contribution is 6.05. The number of urea groups is 1. The minimum absolute atomic E-state index is 0.302. The Bertz CT molecular complexity index is 1020. The third-order valence-corrected chi connectivity index (χ3v) is 4.20. The number of hydrogen-bond donors (Lipinski definition) is 3. The molecule has 0 unspecified atom stereocenters. The summed E-state index contributed by atoms with van der Waals surface area (Å²) in [6.07, 6.45) is 1.60. The summed E-state index contributed by atoms with van der Waals surface area (Å²) in [6.45, 7) is 3.97. The topological polar surface area (TPSA) is 106 Å². The van der Waals surface area contributed by atoms with Gasteiger partial charge in [-0.15, -0.1) is 0 Å². The van der Waals surface area contributed by atoms with Crippen LogP contribution in [0.1, 0.15) is 21.5 Å². The van der Waals surface area contributed by atoms with Gasteiger partial charge in [-0.25, -0.2) is 9.78 Å². The van der Waals surface area contributed by atoms with E-state index in [4.69, 9.17) is 10.5 Å². The fourth-order valence-corrected chi connectivity index (χ4v) is 2.55. The fourth-order valence-electron chi connectivity index (χ4n) is 2.55. The van der Waals surface area contributed by atoms with E-state index in [-0.39, 0.29) is 5.91 Å². The number of nitrogens with two attached hydrogens (primary N) is 1. The maximum atomic E-state index is 12.6. The largest absolute Gasteiger partial charge is 0.437 e. The van der Waals surface area contributed by atoms with Crippen LogP contribution in [0.3, 0.4) is 0 Å². The van der Waals surface area contributed by atoms with Crippen molar-refractivity contribution >= 4 is 23.3 Å². The van der Waals surface area contributed by atoms with Crippen LogP contribution in [0.15, 0.2) is 60.8 Å². The summed E-state index contributed by atoms with van der Waals surface area (Å²) in [4.78, 5) is 27.7. The van der Waals surface area contributed by atoms with E-state index in [9.17, 15) is 9.59 Å². The van der Waals surface area contributed by atoms with Crippen molar-refractivity contribution in [1.29, 1.82) is 0 Å². The lowest BCUT2D eigenvalue weighted by atomic mass is 10.1. The van der Waals surface area contributed by atoms with Gasteiger partial charge >= 0.3 is 6.03 Å². The molecular formula is C21H20N4O3. The molecule has 0 saturated carbocycles. The number of primary amides is 1. The van der Waals surface area contributed by atoms with Gasteiger partial charge in [-0.05, 0) is 67.4 Å². The molecule has 0 radical (unpaired) electrons. The number of benzene rings is 2. The first kappa shape index (κ1) is 18.9. The number of hydrogen-bond acceptors (Lipinski definition) is 4. The molecule has 4 N–H and O–H groups in total. The first-order chi connectivity index (χ1) is 13.4. The third-order valence-electron chi connectivity index (χ3n) is 4.20. The molecule has 28 heavy (non-hydrogen) atoms. The van der Waals surface area contributed by atoms with Gasteiger partial charge in [-0.2, -0.15) is 0 Å². The summed E-state index contributed by atoms with van der Waals surface area (Å²) >= 11 is 0. The van der Waals surface area contributed by atoms with Crippen molar-refractivity contribution in [2.45, 2.75) is 13.8 Å². The number of carbonyl (C=O) groups is 2. The van der Waals surface area contributed by atoms with Crippen molar-refractivity contribution in [2.75, 3.05) is 10.6 Å². The van der Waals surface area contributed by atoms with Crippen molar-refractivity contribution < 1.29 is 14.3 Å². The Balaban J connectivity index is 1.78. The van der Waals surface area contributed by atoms with E-state index in [0.29, 0.717) is 28.6 Å². The summed E-state index contributed by atoms with van der Waals surface area (Å²) in [5.74, 6) is 0.650. The molecule has 1 aromatic heterocycles. The first-order valence-corrected chi connectivity index (χ1v) is 8.61. The summed E-state index contributed by atoms with van der Waals surface area (Å²) in [6, 6.07) is 14.9. The zero-order chi connectivity index (χ0) is 20.1. The second kappa shape index (κ2) is 8.22. The Kier molecular flexibility index (Phi) is 5.55. The molecule has 7 heteroatoms. The van der Waals surface area contributed by atoms with Gasteiger partial charge in [0.15, 0.2) is 0 Å². The Hall–Kier alpha value is -3.87. The molecular weight excluding hydrogens is 356 g/mol. The number of anilines is 2. The average molecular weight is 376 g/mol. The highest BCUT2D eigenvalue weighted by Crippen LogP contribution is 2.30. The number of nitrogens with zero attached hydrogens (tertiary/aromatic N) is 1. The van der Waals surface area contributed by atoms with Crippen LogP contribution in [0.2, 0.25) is 0 Å². The van der Waals surface area contributed by atoms with Crippen LogP contribution in [-0.2, 0) is 0 Å². The molecule has 0 aliphatic carbocycles. The minimum atomic E-state index is -0.666. The van der Waals surface area contributed by atoms with Gasteiger partial charge in [0.25, 0.3) is 5.91 Å². The Labute approximate surface area is 162 Å². The number of carbonyl (C=O) groups excluding carboxylic acids is 2. The van der Waals surface area contributed by atoms with E-state index in [2.05, 4.69) is 15.6 Å². The summed E-state index contributed by atoms with van der Waals surface area (Å²) in [5.41, 5.74) is 8.55. The van der Waals surface area contributed by atoms with Crippen molar-refractivity contribution in [3.63, 3.8) is 0 Å². The molecule has 3 aromatic rings. The van der Waals surface area contributed by atoms with Crippen molar-refractivity contribution in [3.8, 4) is 11.6 Å². The van der Waals surface area contributed by atoms with Crippen molar-refractivity contribution in [2.24, 2.45) is 5.73 Å². The number of rotatable bonds is 5. The lowest BCUT2D eigenvalue weighted by Gasteiger charge is -2.13. The van der Waals surface area contributed by atoms with Crippen LogP contribution in [0, 0.1) is 13.8 Å². The molecule has 0 saturated heterocycles. The molecule has 0 aliphatic heterocycles. The molecule has 0 aliphatic rings. The van der Waals surface area contributed by atoms with Crippen molar-refractivity contribution in [3.05, 3.63) is 77.5 Å². The number of pyridine rings is 1. The van der Waals surface area contributed by atoms with Crippen LogP contribution in [0.4, 0.5) is 16.2 Å². The van der Waals surface area contributed by atoms with Gasteiger partial charge in [-0.3, -0.25) is 4.79 Å². The number of ether oxygens (including phenoxy) is 1. The molecule has 0 fully saturated rings.